The predicted molar refractivity (Wildman–Crippen MR) is 127 cm³/mol. The quantitative estimate of drug-likeness (QED) is 0.133. The molecular weight excluding hydrogens is 450 g/mol. The second-order valence-corrected chi connectivity index (χ2v) is 10.7. The van der Waals surface area contributed by atoms with Crippen molar-refractivity contribution in [1.29, 1.82) is 0 Å². The molecule has 0 saturated heterocycles. The van der Waals surface area contributed by atoms with Gasteiger partial charge in [0.15, 0.2) is 0 Å². The zero-order valence-corrected chi connectivity index (χ0v) is 21.4. The van der Waals surface area contributed by atoms with Crippen LogP contribution in [0.2, 0.25) is 0 Å². The molecule has 29 heavy (non-hydrogen) atoms. The third-order valence-corrected chi connectivity index (χ3v) is 6.48. The van der Waals surface area contributed by atoms with Crippen LogP contribution in [0.4, 0.5) is 0 Å². The molecule has 0 heterocycles. The molecule has 0 saturated carbocycles. The van der Waals surface area contributed by atoms with E-state index >= 15 is 0 Å². The monoisotopic (exact) mass is 491 g/mol. The number of quaternary nitrogens is 1. The maximum atomic E-state index is 10.4. The average Bonchev–Trinajstić information content (AvgIpc) is 2.65. The molecule has 1 rings (SSSR count). The van der Waals surface area contributed by atoms with E-state index in [4.69, 9.17) is 0 Å². The first kappa shape index (κ1) is 28.6. The van der Waals surface area contributed by atoms with Gasteiger partial charge in [0.1, 0.15) is 10.1 Å². The van der Waals surface area contributed by atoms with Gasteiger partial charge in [0.25, 0.3) is 0 Å². The lowest BCUT2D eigenvalue weighted by atomic mass is 10.1. The molecule has 0 unspecified atom stereocenters. The number of hydrogen-bond donors (Lipinski definition) is 0. The minimum absolute atomic E-state index is 0.178. The van der Waals surface area contributed by atoms with E-state index in [2.05, 4.69) is 36.9 Å². The second-order valence-electron chi connectivity index (χ2n) is 8.52. The maximum absolute atomic E-state index is 10.4. The van der Waals surface area contributed by atoms with Crippen molar-refractivity contribution in [1.82, 2.24) is 0 Å². The molecule has 0 aliphatic heterocycles. The van der Waals surface area contributed by atoms with E-state index in [-0.39, 0.29) is 4.90 Å². The smallest absolute Gasteiger partial charge is 0.124 e. The van der Waals surface area contributed by atoms with Crippen molar-refractivity contribution < 1.29 is 17.5 Å². The van der Waals surface area contributed by atoms with Crippen LogP contribution in [0.15, 0.2) is 29.2 Å². The van der Waals surface area contributed by atoms with Crippen LogP contribution in [0.1, 0.15) is 76.7 Å². The molecule has 0 bridgehead atoms. The summed E-state index contributed by atoms with van der Waals surface area (Å²) in [6.07, 6.45) is 14.2. The first-order valence-corrected chi connectivity index (χ1v) is 13.6. The van der Waals surface area contributed by atoms with Gasteiger partial charge in [0.05, 0.1) is 32.1 Å². The second kappa shape index (κ2) is 16.3. The lowest BCUT2D eigenvalue weighted by Crippen LogP contribution is -2.41. The van der Waals surface area contributed by atoms with Crippen LogP contribution in [0.5, 0.6) is 0 Å². The lowest BCUT2D eigenvalue weighted by Gasteiger charge is -2.29. The Kier molecular flexibility index (Phi) is 16.0. The topological polar surface area (TPSA) is 57.2 Å². The van der Waals surface area contributed by atoms with Gasteiger partial charge in [-0.05, 0) is 31.9 Å². The van der Waals surface area contributed by atoms with E-state index in [0.29, 0.717) is 0 Å². The number of rotatable bonds is 14. The van der Waals surface area contributed by atoms with Gasteiger partial charge in [-0.15, -0.1) is 0 Å². The summed E-state index contributed by atoms with van der Waals surface area (Å²) in [6, 6.07) is 5.78. The normalized spacial score (nSPS) is 11.8. The fraction of sp³-hybridized carbons (Fsp3) is 0.739. The van der Waals surface area contributed by atoms with Crippen molar-refractivity contribution in [2.45, 2.75) is 83.0 Å². The van der Waals surface area contributed by atoms with Gasteiger partial charge in [-0.3, -0.25) is 0 Å². The summed E-state index contributed by atoms with van der Waals surface area (Å²) < 4.78 is 32.4. The molecule has 170 valence electrons. The van der Waals surface area contributed by atoms with E-state index in [0.717, 1.165) is 10.9 Å². The van der Waals surface area contributed by atoms with E-state index in [9.17, 15) is 13.0 Å². The average molecular weight is 493 g/mol. The Hall–Kier alpha value is -0.430. The van der Waals surface area contributed by atoms with Crippen molar-refractivity contribution in [3.05, 3.63) is 29.8 Å². The van der Waals surface area contributed by atoms with Gasteiger partial charge in [-0.1, -0.05) is 85.5 Å². The van der Waals surface area contributed by atoms with Crippen molar-refractivity contribution >= 4 is 26.0 Å². The summed E-state index contributed by atoms with van der Waals surface area (Å²) >= 11 is 3.52. The molecule has 4 nitrogen and oxygen atoms in total. The predicted octanol–water partition coefficient (Wildman–Crippen LogP) is 6.28. The highest BCUT2D eigenvalue weighted by Gasteiger charge is 2.12. The van der Waals surface area contributed by atoms with Gasteiger partial charge in [0, 0.05) is 11.8 Å². The molecule has 0 fully saturated rings. The standard InChI is InChI=1S/C16H35BrN.C7H8O3S/c1-4-5-6-7-8-9-10-11-12-15-18(2,3)16-13-14-17;1-6-2-4-7(5-3-6)11(8,9)10/h4-16H2,1-3H3;2-5H,1H3,(H,8,9,10)/q+1;/p-1. The Bertz CT molecular complexity index is 616. The van der Waals surface area contributed by atoms with E-state index in [1.165, 1.54) is 93.9 Å². The first-order chi connectivity index (χ1) is 13.6. The van der Waals surface area contributed by atoms with Gasteiger partial charge in [0.2, 0.25) is 0 Å². The van der Waals surface area contributed by atoms with Crippen LogP contribution in [0, 0.1) is 6.92 Å². The fourth-order valence-electron chi connectivity index (χ4n) is 3.16. The molecule has 0 aliphatic carbocycles. The van der Waals surface area contributed by atoms with Crippen LogP contribution in [-0.4, -0.2) is 50.0 Å². The molecule has 6 heteroatoms. The highest BCUT2D eigenvalue weighted by molar-refractivity contribution is 9.09. The molecule has 0 atom stereocenters. The van der Waals surface area contributed by atoms with Crippen molar-refractivity contribution in [2.75, 3.05) is 32.5 Å². The number of alkyl halides is 1. The van der Waals surface area contributed by atoms with Crippen LogP contribution < -0.4 is 0 Å². The van der Waals surface area contributed by atoms with Crippen molar-refractivity contribution in [3.8, 4) is 0 Å². The number of unbranched alkanes of at least 4 members (excludes halogenated alkanes) is 8. The molecule has 0 amide bonds. The minimum Gasteiger partial charge on any atom is -0.744 e. The van der Waals surface area contributed by atoms with Gasteiger partial charge in [-0.25, -0.2) is 8.42 Å². The molecule has 0 aromatic heterocycles. The number of halogens is 1. The summed E-state index contributed by atoms with van der Waals surface area (Å²) in [4.78, 5) is -0.178. The highest BCUT2D eigenvalue weighted by atomic mass is 79.9. The van der Waals surface area contributed by atoms with Gasteiger partial charge in [-0.2, -0.15) is 0 Å². The van der Waals surface area contributed by atoms with Crippen LogP contribution in [0.25, 0.3) is 0 Å². The summed E-state index contributed by atoms with van der Waals surface area (Å²) in [5, 5.41) is 1.15. The lowest BCUT2D eigenvalue weighted by molar-refractivity contribution is -0.890. The maximum Gasteiger partial charge on any atom is 0.124 e. The Balaban J connectivity index is 0.000000604. The first-order valence-electron chi connectivity index (χ1n) is 11.0. The number of nitrogens with zero attached hydrogens (tertiary/aromatic N) is 1. The molecule has 1 aromatic carbocycles. The minimum atomic E-state index is -4.27. The summed E-state index contributed by atoms with van der Waals surface area (Å²) in [5.74, 6) is 0. The molecule has 0 aliphatic rings. The zero-order valence-electron chi connectivity index (χ0n) is 19.0. The highest BCUT2D eigenvalue weighted by Crippen LogP contribution is 2.11. The molecular formula is C23H42BrNO3S. The molecule has 1 aromatic rings. The van der Waals surface area contributed by atoms with E-state index in [1.807, 2.05) is 6.92 Å². The Morgan fingerprint density at radius 2 is 1.28 bits per heavy atom. The largest absolute Gasteiger partial charge is 0.744 e. The number of benzene rings is 1. The van der Waals surface area contributed by atoms with E-state index in [1.54, 1.807) is 12.1 Å². The zero-order chi connectivity index (χ0) is 22.2. The summed E-state index contributed by atoms with van der Waals surface area (Å²) in [7, 11) is 0.467. The van der Waals surface area contributed by atoms with Crippen LogP contribution in [-0.2, 0) is 10.1 Å². The number of aryl methyl sites for hydroxylation is 1. The Labute approximate surface area is 188 Å². The van der Waals surface area contributed by atoms with Crippen LogP contribution in [0.3, 0.4) is 0 Å². The summed E-state index contributed by atoms with van der Waals surface area (Å²) in [6.45, 7) is 6.77. The number of hydrogen-bond acceptors (Lipinski definition) is 3. The third-order valence-electron chi connectivity index (χ3n) is 5.07. The summed E-state index contributed by atoms with van der Waals surface area (Å²) in [5.41, 5.74) is 0.928. The van der Waals surface area contributed by atoms with Crippen LogP contribution >= 0.6 is 15.9 Å². The molecule has 0 spiro atoms. The van der Waals surface area contributed by atoms with Crippen molar-refractivity contribution in [2.24, 2.45) is 0 Å². The molecule has 0 N–H and O–H groups in total. The fourth-order valence-corrected chi connectivity index (χ4v) is 3.88. The van der Waals surface area contributed by atoms with Gasteiger partial charge < -0.3 is 9.04 Å². The van der Waals surface area contributed by atoms with E-state index < -0.39 is 10.1 Å². The van der Waals surface area contributed by atoms with Crippen molar-refractivity contribution in [3.63, 3.8) is 0 Å². The Morgan fingerprint density at radius 3 is 1.72 bits per heavy atom. The van der Waals surface area contributed by atoms with Gasteiger partial charge >= 0.3 is 0 Å². The Morgan fingerprint density at radius 1 is 0.828 bits per heavy atom. The third kappa shape index (κ3) is 17.0. The SMILES string of the molecule is CCCCCCCCCCC[N+](C)(C)CCCBr.Cc1ccc(S(=O)(=O)[O-])cc1. The molecule has 0 radical (unpaired) electrons.